The zero-order chi connectivity index (χ0) is 26.3. The predicted octanol–water partition coefficient (Wildman–Crippen LogP) is 3.03. The SMILES string of the molecule is Cc1c(CN2CCN(C(=O)OCC3c4ccccc4-c4ccccc43)CC2)cc([B-](F)(F)F)c(C)c1I.[K+]. The number of halogens is 4. The smallest absolute Gasteiger partial charge is 0.448 e. The van der Waals surface area contributed by atoms with Crippen molar-refractivity contribution < 1.29 is 73.9 Å². The molecule has 0 N–H and O–H groups in total. The molecule has 38 heavy (non-hydrogen) atoms. The Morgan fingerprint density at radius 3 is 2.05 bits per heavy atom. The van der Waals surface area contributed by atoms with E-state index >= 15 is 0 Å². The van der Waals surface area contributed by atoms with Gasteiger partial charge in [-0.25, -0.2) is 4.79 Å². The number of carbonyl (C=O) groups is 1. The van der Waals surface area contributed by atoms with E-state index in [0.717, 1.165) is 5.56 Å². The van der Waals surface area contributed by atoms with Crippen molar-refractivity contribution in [3.8, 4) is 11.1 Å². The number of hydrogen-bond acceptors (Lipinski definition) is 3. The molecule has 0 saturated carbocycles. The monoisotopic (exact) mass is 658 g/mol. The van der Waals surface area contributed by atoms with Crippen LogP contribution in [0.4, 0.5) is 17.7 Å². The van der Waals surface area contributed by atoms with Gasteiger partial charge < -0.3 is 22.6 Å². The molecule has 0 bridgehead atoms. The maximum Gasteiger partial charge on any atom is 1.00 e. The van der Waals surface area contributed by atoms with Crippen LogP contribution in [-0.4, -0.2) is 55.7 Å². The van der Waals surface area contributed by atoms with Gasteiger partial charge in [0.2, 0.25) is 0 Å². The second kappa shape index (κ2) is 12.3. The average Bonchev–Trinajstić information content (AvgIpc) is 3.21. The summed E-state index contributed by atoms with van der Waals surface area (Å²) in [7, 11) is 0. The van der Waals surface area contributed by atoms with Crippen molar-refractivity contribution in [3.05, 3.63) is 86.0 Å². The second-order valence-corrected chi connectivity index (χ2v) is 10.9. The topological polar surface area (TPSA) is 32.8 Å². The molecule has 1 aliphatic heterocycles. The van der Waals surface area contributed by atoms with Crippen LogP contribution in [0.1, 0.15) is 33.7 Å². The van der Waals surface area contributed by atoms with E-state index in [0.29, 0.717) is 47.4 Å². The summed E-state index contributed by atoms with van der Waals surface area (Å²) in [6.07, 6.45) is -0.343. The zero-order valence-electron chi connectivity index (χ0n) is 21.8. The molecule has 0 aromatic heterocycles. The molecule has 3 aromatic carbocycles. The molecule has 194 valence electrons. The molecule has 1 amide bonds. The van der Waals surface area contributed by atoms with E-state index in [1.165, 1.54) is 35.2 Å². The summed E-state index contributed by atoms with van der Waals surface area (Å²) in [6, 6.07) is 17.8. The first-order chi connectivity index (χ1) is 17.6. The second-order valence-electron chi connectivity index (χ2n) is 9.83. The molecule has 0 atom stereocenters. The number of hydrogen-bond donors (Lipinski definition) is 0. The van der Waals surface area contributed by atoms with Gasteiger partial charge in [-0.3, -0.25) is 4.90 Å². The summed E-state index contributed by atoms with van der Waals surface area (Å²) in [5.41, 5.74) is 6.08. The molecule has 1 heterocycles. The van der Waals surface area contributed by atoms with E-state index in [9.17, 15) is 17.7 Å². The Morgan fingerprint density at radius 1 is 0.947 bits per heavy atom. The molecule has 0 spiro atoms. The molecule has 1 fully saturated rings. The molecular weight excluding hydrogens is 630 g/mol. The van der Waals surface area contributed by atoms with Crippen LogP contribution in [0.15, 0.2) is 54.6 Å². The molecule has 1 saturated heterocycles. The number of fused-ring (bicyclic) bond motifs is 3. The van der Waals surface area contributed by atoms with Crippen LogP contribution in [0.5, 0.6) is 0 Å². The normalized spacial score (nSPS) is 15.6. The average molecular weight is 658 g/mol. The van der Waals surface area contributed by atoms with Gasteiger partial charge >= 0.3 is 64.5 Å². The van der Waals surface area contributed by atoms with E-state index < -0.39 is 12.4 Å². The summed E-state index contributed by atoms with van der Waals surface area (Å²) >= 11 is 2.01. The molecule has 0 unspecified atom stereocenters. The van der Waals surface area contributed by atoms with Gasteiger partial charge in [-0.15, -0.1) is 5.46 Å². The third-order valence-electron chi connectivity index (χ3n) is 7.62. The van der Waals surface area contributed by atoms with Crippen LogP contribution < -0.4 is 56.8 Å². The largest absolute Gasteiger partial charge is 1.00 e. The van der Waals surface area contributed by atoms with Crippen molar-refractivity contribution in [2.75, 3.05) is 32.8 Å². The van der Waals surface area contributed by atoms with Crippen molar-refractivity contribution in [3.63, 3.8) is 0 Å². The van der Waals surface area contributed by atoms with Gasteiger partial charge in [-0.2, -0.15) is 0 Å². The Hall–Kier alpha value is -0.889. The van der Waals surface area contributed by atoms with Crippen molar-refractivity contribution in [1.82, 2.24) is 9.80 Å². The number of ether oxygens (including phenoxy) is 1. The van der Waals surface area contributed by atoms with Gasteiger partial charge in [-0.1, -0.05) is 60.2 Å². The summed E-state index contributed by atoms with van der Waals surface area (Å²) in [5, 5.41) is 0. The molecule has 2 aliphatic rings. The third-order valence-corrected chi connectivity index (χ3v) is 9.23. The minimum absolute atomic E-state index is 0. The number of benzene rings is 3. The number of carbonyl (C=O) groups excluding carboxylic acids is 1. The maximum atomic E-state index is 13.6. The van der Waals surface area contributed by atoms with Gasteiger partial charge in [0.25, 0.3) is 0 Å². The summed E-state index contributed by atoms with van der Waals surface area (Å²) in [4.78, 5) is 16.7. The zero-order valence-corrected chi connectivity index (χ0v) is 27.1. The fourth-order valence-corrected chi connectivity index (χ4v) is 6.13. The van der Waals surface area contributed by atoms with Crippen LogP contribution in [0.25, 0.3) is 11.1 Å². The number of amides is 1. The van der Waals surface area contributed by atoms with Gasteiger partial charge in [-0.05, 0) is 69.8 Å². The van der Waals surface area contributed by atoms with Crippen LogP contribution in [0.3, 0.4) is 0 Å². The first kappa shape index (κ1) is 30.1. The first-order valence-electron chi connectivity index (χ1n) is 12.5. The Balaban J connectivity index is 0.00000336. The Morgan fingerprint density at radius 2 is 1.50 bits per heavy atom. The van der Waals surface area contributed by atoms with E-state index in [2.05, 4.69) is 29.2 Å². The van der Waals surface area contributed by atoms with Crippen molar-refractivity contribution in [1.29, 1.82) is 0 Å². The molecule has 3 aromatic rings. The maximum absolute atomic E-state index is 13.6. The van der Waals surface area contributed by atoms with Gasteiger partial charge in [0, 0.05) is 42.2 Å². The van der Waals surface area contributed by atoms with E-state index in [1.807, 2.05) is 53.8 Å². The molecule has 4 nitrogen and oxygen atoms in total. The summed E-state index contributed by atoms with van der Waals surface area (Å²) in [6.45, 7) is 1.18. The first-order valence-corrected chi connectivity index (χ1v) is 13.5. The van der Waals surface area contributed by atoms with Crippen LogP contribution in [0, 0.1) is 17.4 Å². The summed E-state index contributed by atoms with van der Waals surface area (Å²) < 4.78 is 47.2. The molecule has 1 aliphatic carbocycles. The molecule has 0 radical (unpaired) electrons. The van der Waals surface area contributed by atoms with Crippen molar-refractivity contribution in [2.45, 2.75) is 26.3 Å². The number of rotatable bonds is 5. The molecule has 5 rings (SSSR count). The molecule has 10 heteroatoms. The van der Waals surface area contributed by atoms with E-state index in [4.69, 9.17) is 4.74 Å². The Labute approximate surface area is 277 Å². The van der Waals surface area contributed by atoms with Crippen LogP contribution in [0.2, 0.25) is 0 Å². The van der Waals surface area contributed by atoms with Gasteiger partial charge in [0.15, 0.2) is 0 Å². The molecular formula is C28H28BF3IKN2O2. The van der Waals surface area contributed by atoms with Crippen LogP contribution in [-0.2, 0) is 11.3 Å². The Bertz CT molecular complexity index is 1300. The fraction of sp³-hybridized carbons (Fsp3) is 0.321. The van der Waals surface area contributed by atoms with E-state index in [1.54, 1.807) is 4.90 Å². The van der Waals surface area contributed by atoms with Crippen molar-refractivity contribution in [2.24, 2.45) is 0 Å². The Kier molecular flexibility index (Phi) is 9.75. The minimum Gasteiger partial charge on any atom is -0.448 e. The van der Waals surface area contributed by atoms with Crippen LogP contribution >= 0.6 is 22.6 Å². The number of piperazine rings is 1. The quantitative estimate of drug-likeness (QED) is 0.313. The predicted molar refractivity (Wildman–Crippen MR) is 149 cm³/mol. The standard InChI is InChI=1S/C28H28BF3IN2O2.K/c1-18-20(15-26(29(30,31)32)19(2)27(18)33)16-34-11-13-35(14-12-34)28(36)37-17-25-23-9-5-3-7-21(23)22-8-4-6-10-24(22)25;/h3-10,15,25H,11-14,16-17H2,1-2H3;/q-1;+1. The van der Waals surface area contributed by atoms with E-state index in [-0.39, 0.29) is 70.0 Å². The minimum atomic E-state index is -5.07. The van der Waals surface area contributed by atoms with Crippen molar-refractivity contribution >= 4 is 41.1 Å². The fourth-order valence-electron chi connectivity index (χ4n) is 5.47. The third kappa shape index (κ3) is 6.06. The summed E-state index contributed by atoms with van der Waals surface area (Å²) in [5.74, 6) is 0.00838. The van der Waals surface area contributed by atoms with Gasteiger partial charge in [0.05, 0.1) is 0 Å². The van der Waals surface area contributed by atoms with Gasteiger partial charge in [0.1, 0.15) is 6.61 Å². The number of nitrogens with zero attached hydrogens (tertiary/aromatic N) is 2.